The zero-order valence-electron chi connectivity index (χ0n) is 15.7. The van der Waals surface area contributed by atoms with Gasteiger partial charge in [-0.1, -0.05) is 26.0 Å². The molecule has 0 bridgehead atoms. The van der Waals surface area contributed by atoms with Crippen molar-refractivity contribution in [1.82, 2.24) is 0 Å². The lowest BCUT2D eigenvalue weighted by molar-refractivity contribution is -0.137. The van der Waals surface area contributed by atoms with E-state index in [4.69, 9.17) is 4.74 Å². The lowest BCUT2D eigenvalue weighted by atomic mass is 10.0. The Morgan fingerprint density at radius 1 is 1.11 bits per heavy atom. The first-order chi connectivity index (χ1) is 12.6. The third-order valence-electron chi connectivity index (χ3n) is 4.02. The molecule has 7 heteroatoms. The first-order valence-corrected chi connectivity index (χ1v) is 8.49. The van der Waals surface area contributed by atoms with Crippen molar-refractivity contribution in [2.24, 2.45) is 0 Å². The van der Waals surface area contributed by atoms with E-state index in [1.54, 1.807) is 31.1 Å². The fraction of sp³-hybridized carbons (Fsp3) is 0.350. The van der Waals surface area contributed by atoms with Crippen LogP contribution in [0.4, 0.5) is 24.5 Å². The molecule has 0 saturated carbocycles. The average Bonchev–Trinajstić information content (AvgIpc) is 2.59. The number of hydrogen-bond acceptors (Lipinski definition) is 3. The molecule has 0 atom stereocenters. The molecule has 0 aliphatic rings. The van der Waals surface area contributed by atoms with Gasteiger partial charge >= 0.3 is 6.18 Å². The van der Waals surface area contributed by atoms with Gasteiger partial charge in [0, 0.05) is 19.8 Å². The van der Waals surface area contributed by atoms with Crippen LogP contribution in [0.25, 0.3) is 0 Å². The minimum absolute atomic E-state index is 0.295. The summed E-state index contributed by atoms with van der Waals surface area (Å²) in [7, 11) is 3.29. The molecule has 0 aliphatic heterocycles. The number of nitrogens with zero attached hydrogens (tertiary/aromatic N) is 1. The van der Waals surface area contributed by atoms with Crippen LogP contribution in [0.1, 0.15) is 30.9 Å². The highest BCUT2D eigenvalue weighted by atomic mass is 19.4. The van der Waals surface area contributed by atoms with Gasteiger partial charge in [0.25, 0.3) is 5.91 Å². The monoisotopic (exact) mass is 380 g/mol. The van der Waals surface area contributed by atoms with Crippen LogP contribution in [0.2, 0.25) is 0 Å². The van der Waals surface area contributed by atoms with Crippen LogP contribution in [-0.4, -0.2) is 26.6 Å². The van der Waals surface area contributed by atoms with Crippen LogP contribution in [-0.2, 0) is 11.0 Å². The fourth-order valence-corrected chi connectivity index (χ4v) is 2.44. The molecule has 27 heavy (non-hydrogen) atoms. The topological polar surface area (TPSA) is 41.6 Å². The van der Waals surface area contributed by atoms with Gasteiger partial charge in [-0.15, -0.1) is 0 Å². The SMILES string of the molecule is CC(C)c1ccc(OCC(=O)Nc2ccc(N(C)C)cc2C(F)(F)F)cc1. The third-order valence-corrected chi connectivity index (χ3v) is 4.02. The molecule has 0 unspecified atom stereocenters. The summed E-state index contributed by atoms with van der Waals surface area (Å²) in [5.74, 6) is 0.188. The molecule has 4 nitrogen and oxygen atoms in total. The zero-order chi connectivity index (χ0) is 20.2. The highest BCUT2D eigenvalue weighted by molar-refractivity contribution is 5.93. The lowest BCUT2D eigenvalue weighted by Gasteiger charge is -2.18. The lowest BCUT2D eigenvalue weighted by Crippen LogP contribution is -2.22. The van der Waals surface area contributed by atoms with Gasteiger partial charge in [-0.25, -0.2) is 0 Å². The summed E-state index contributed by atoms with van der Waals surface area (Å²) in [6, 6.07) is 11.0. The number of rotatable bonds is 6. The molecule has 1 amide bonds. The molecule has 0 radical (unpaired) electrons. The van der Waals surface area contributed by atoms with Crippen molar-refractivity contribution >= 4 is 17.3 Å². The number of halogens is 3. The van der Waals surface area contributed by atoms with E-state index in [9.17, 15) is 18.0 Å². The minimum Gasteiger partial charge on any atom is -0.484 e. The van der Waals surface area contributed by atoms with Crippen LogP contribution in [0.15, 0.2) is 42.5 Å². The summed E-state index contributed by atoms with van der Waals surface area (Å²) < 4.78 is 45.2. The Morgan fingerprint density at radius 3 is 2.26 bits per heavy atom. The highest BCUT2D eigenvalue weighted by Crippen LogP contribution is 2.37. The van der Waals surface area contributed by atoms with Gasteiger partial charge in [0.1, 0.15) is 5.75 Å². The molecule has 0 spiro atoms. The van der Waals surface area contributed by atoms with Crippen LogP contribution < -0.4 is 15.0 Å². The molecule has 2 aromatic rings. The number of hydrogen-bond donors (Lipinski definition) is 1. The quantitative estimate of drug-likeness (QED) is 0.774. The van der Waals surface area contributed by atoms with Crippen LogP contribution >= 0.6 is 0 Å². The molecule has 0 aliphatic carbocycles. The van der Waals surface area contributed by atoms with Crippen LogP contribution in [0, 0.1) is 0 Å². The van der Waals surface area contributed by atoms with Crippen LogP contribution in [0.5, 0.6) is 5.75 Å². The number of nitrogens with one attached hydrogen (secondary N) is 1. The van der Waals surface area contributed by atoms with Crippen molar-refractivity contribution in [3.05, 3.63) is 53.6 Å². The number of alkyl halides is 3. The number of ether oxygens (including phenoxy) is 1. The van der Waals surface area contributed by atoms with E-state index in [1.165, 1.54) is 12.1 Å². The normalized spacial score (nSPS) is 11.4. The van der Waals surface area contributed by atoms with E-state index in [2.05, 4.69) is 19.2 Å². The summed E-state index contributed by atoms with van der Waals surface area (Å²) in [5.41, 5.74) is 0.324. The standard InChI is InChI=1S/C20H23F3N2O2/c1-13(2)14-5-8-16(9-6-14)27-12-19(26)24-18-10-7-15(25(3)4)11-17(18)20(21,22)23/h5-11,13H,12H2,1-4H3,(H,24,26). The minimum atomic E-state index is -4.58. The Balaban J connectivity index is 2.06. The maximum absolute atomic E-state index is 13.3. The van der Waals surface area contributed by atoms with E-state index in [0.29, 0.717) is 17.4 Å². The van der Waals surface area contributed by atoms with Gasteiger partial charge in [-0.2, -0.15) is 13.2 Å². The molecule has 0 saturated heterocycles. The molecule has 146 valence electrons. The zero-order valence-corrected chi connectivity index (χ0v) is 15.7. The van der Waals surface area contributed by atoms with E-state index in [1.807, 2.05) is 12.1 Å². The molecule has 0 aromatic heterocycles. The molecule has 1 N–H and O–H groups in total. The molecule has 0 heterocycles. The summed E-state index contributed by atoms with van der Waals surface area (Å²) in [4.78, 5) is 13.6. The van der Waals surface area contributed by atoms with Crippen LogP contribution in [0.3, 0.4) is 0 Å². The van der Waals surface area contributed by atoms with Gasteiger partial charge in [0.15, 0.2) is 6.61 Å². The number of amides is 1. The van der Waals surface area contributed by atoms with Crippen molar-refractivity contribution in [2.45, 2.75) is 25.9 Å². The summed E-state index contributed by atoms with van der Waals surface area (Å²) in [6.07, 6.45) is -4.58. The largest absolute Gasteiger partial charge is 0.484 e. The first kappa shape index (κ1) is 20.6. The van der Waals surface area contributed by atoms with Crippen molar-refractivity contribution in [3.63, 3.8) is 0 Å². The maximum atomic E-state index is 13.3. The number of benzene rings is 2. The Labute approximate surface area is 156 Å². The van der Waals surface area contributed by atoms with Gasteiger partial charge in [-0.3, -0.25) is 4.79 Å². The second kappa shape index (κ2) is 8.33. The number of carbonyl (C=O) groups is 1. The van der Waals surface area contributed by atoms with Crippen molar-refractivity contribution in [3.8, 4) is 5.75 Å². The second-order valence-electron chi connectivity index (χ2n) is 6.68. The predicted octanol–water partition coefficient (Wildman–Crippen LogP) is 4.91. The third kappa shape index (κ3) is 5.64. The smallest absolute Gasteiger partial charge is 0.418 e. The summed E-state index contributed by atoms with van der Waals surface area (Å²) in [5, 5.41) is 2.28. The summed E-state index contributed by atoms with van der Waals surface area (Å²) in [6.45, 7) is 3.74. The van der Waals surface area contributed by atoms with E-state index in [-0.39, 0.29) is 12.3 Å². The van der Waals surface area contributed by atoms with E-state index < -0.39 is 17.6 Å². The predicted molar refractivity (Wildman–Crippen MR) is 100 cm³/mol. The number of anilines is 2. The number of carbonyl (C=O) groups excluding carboxylic acids is 1. The molecular formula is C20H23F3N2O2. The van der Waals surface area contributed by atoms with Crippen molar-refractivity contribution < 1.29 is 22.7 Å². The van der Waals surface area contributed by atoms with Gasteiger partial charge in [-0.05, 0) is 41.8 Å². The maximum Gasteiger partial charge on any atom is 0.418 e. The first-order valence-electron chi connectivity index (χ1n) is 8.49. The molecule has 2 aromatic carbocycles. The van der Waals surface area contributed by atoms with Gasteiger partial charge in [0.05, 0.1) is 11.3 Å². The van der Waals surface area contributed by atoms with Gasteiger partial charge < -0.3 is 15.0 Å². The Kier molecular flexibility index (Phi) is 6.36. The van der Waals surface area contributed by atoms with Crippen molar-refractivity contribution in [2.75, 3.05) is 30.9 Å². The Morgan fingerprint density at radius 2 is 1.74 bits per heavy atom. The highest BCUT2D eigenvalue weighted by Gasteiger charge is 2.34. The summed E-state index contributed by atoms with van der Waals surface area (Å²) >= 11 is 0. The molecule has 0 fully saturated rings. The van der Waals surface area contributed by atoms with Crippen molar-refractivity contribution in [1.29, 1.82) is 0 Å². The average molecular weight is 380 g/mol. The fourth-order valence-electron chi connectivity index (χ4n) is 2.44. The van der Waals surface area contributed by atoms with E-state index >= 15 is 0 Å². The second-order valence-corrected chi connectivity index (χ2v) is 6.68. The Hall–Kier alpha value is -2.70. The van der Waals surface area contributed by atoms with Gasteiger partial charge in [0.2, 0.25) is 0 Å². The molecule has 2 rings (SSSR count). The Bertz CT molecular complexity index is 785. The molecular weight excluding hydrogens is 357 g/mol. The van der Waals surface area contributed by atoms with E-state index in [0.717, 1.165) is 11.6 Å².